The van der Waals surface area contributed by atoms with Crippen LogP contribution in [0.4, 0.5) is 19.4 Å². The molecule has 0 aliphatic heterocycles. The second kappa shape index (κ2) is 6.70. The van der Waals surface area contributed by atoms with E-state index in [0.717, 1.165) is 48.7 Å². The van der Waals surface area contributed by atoms with Gasteiger partial charge < -0.3 is 9.55 Å². The maximum atomic E-state index is 13.2. The highest BCUT2D eigenvalue weighted by Gasteiger charge is 2.65. The van der Waals surface area contributed by atoms with E-state index < -0.39 is 15.1 Å². The van der Waals surface area contributed by atoms with Crippen molar-refractivity contribution in [3.05, 3.63) is 42.7 Å². The molecule has 0 amide bonds. The lowest BCUT2D eigenvalue weighted by Gasteiger charge is -2.40. The molecule has 0 spiro atoms. The number of nitriles is 1. The molecule has 174 valence electrons. The summed E-state index contributed by atoms with van der Waals surface area (Å²) in [7, 11) is -9.76. The van der Waals surface area contributed by atoms with Gasteiger partial charge in [0.15, 0.2) is 0 Å². The topological polar surface area (TPSA) is 70.3 Å². The first-order valence-corrected chi connectivity index (χ1v) is 12.5. The van der Waals surface area contributed by atoms with Crippen LogP contribution in [0.5, 0.6) is 0 Å². The molecule has 1 saturated carbocycles. The first-order chi connectivity index (χ1) is 15.4. The summed E-state index contributed by atoms with van der Waals surface area (Å²) in [6.07, 6.45) is 7.10. The lowest BCUT2D eigenvalue weighted by molar-refractivity contribution is 0.283. The lowest BCUT2D eigenvalue weighted by atomic mass is 9.84. The number of hydrogen-bond acceptors (Lipinski definition) is 3. The second-order valence-electron chi connectivity index (χ2n) is 8.57. The molecule has 11 heteroatoms. The Labute approximate surface area is 186 Å². The molecule has 0 radical (unpaired) electrons. The maximum Gasteiger partial charge on any atom is 0.310 e. The molecule has 0 saturated heterocycles. The molecule has 3 heterocycles. The zero-order valence-electron chi connectivity index (χ0n) is 17.3. The average molecular weight is 481 g/mol. The molecule has 1 aromatic carbocycles. The Morgan fingerprint density at radius 3 is 2.36 bits per heavy atom. The van der Waals surface area contributed by atoms with Crippen molar-refractivity contribution in [2.75, 3.05) is 0 Å². The predicted molar refractivity (Wildman–Crippen MR) is 117 cm³/mol. The van der Waals surface area contributed by atoms with Crippen molar-refractivity contribution >= 4 is 32.3 Å². The number of nitrogens with one attached hydrogen (secondary N) is 1. The standard InChI is InChI=1S/C22H20F5N5S/c23-33(24,25,26,27)17-7-3-15(4-8-17)22-31-19-13-30-21-18(10-12-29-21)20(19)32(22)16-5-1-14(2-6-16)9-11-28/h3-4,7-8,10,12-14,16H,1-2,5-6,9H2,(H,29,30). The Kier molecular flexibility index (Phi) is 4.40. The third-order valence-electron chi connectivity index (χ3n) is 6.35. The summed E-state index contributed by atoms with van der Waals surface area (Å²) < 4.78 is 68.0. The monoisotopic (exact) mass is 481 g/mol. The summed E-state index contributed by atoms with van der Waals surface area (Å²) in [6.45, 7) is 0. The highest BCUT2D eigenvalue weighted by atomic mass is 32.5. The van der Waals surface area contributed by atoms with Crippen LogP contribution in [0.15, 0.2) is 47.6 Å². The molecule has 1 aliphatic carbocycles. The largest absolute Gasteiger partial charge is 0.346 e. The van der Waals surface area contributed by atoms with Gasteiger partial charge in [-0.1, -0.05) is 19.4 Å². The SMILES string of the molecule is N#CCC1CCC(n2c(-c3ccc(S(F)(F)(F)(F)F)cc3)nc3cnc4[nH]ccc4c32)CC1. The van der Waals surface area contributed by atoms with Crippen LogP contribution >= 0.6 is 10.2 Å². The molecule has 1 aliphatic rings. The molecule has 0 unspecified atom stereocenters. The minimum Gasteiger partial charge on any atom is -0.346 e. The van der Waals surface area contributed by atoms with Crippen molar-refractivity contribution in [3.8, 4) is 17.5 Å². The van der Waals surface area contributed by atoms with Gasteiger partial charge in [-0.25, -0.2) is 9.97 Å². The van der Waals surface area contributed by atoms with Gasteiger partial charge >= 0.3 is 10.2 Å². The van der Waals surface area contributed by atoms with E-state index in [9.17, 15) is 19.4 Å². The summed E-state index contributed by atoms with van der Waals surface area (Å²) in [5.74, 6) is 0.730. The Hall–Kier alpha value is -3.13. The van der Waals surface area contributed by atoms with Crippen molar-refractivity contribution < 1.29 is 19.4 Å². The molecule has 33 heavy (non-hydrogen) atoms. The zero-order valence-corrected chi connectivity index (χ0v) is 18.1. The highest BCUT2D eigenvalue weighted by molar-refractivity contribution is 8.45. The van der Waals surface area contributed by atoms with E-state index in [4.69, 9.17) is 5.26 Å². The van der Waals surface area contributed by atoms with Crippen LogP contribution in [0.25, 0.3) is 33.5 Å². The van der Waals surface area contributed by atoms with E-state index in [1.807, 2.05) is 10.6 Å². The average Bonchev–Trinajstić information content (AvgIpc) is 3.37. The summed E-state index contributed by atoms with van der Waals surface area (Å²) in [4.78, 5) is 10.1. The van der Waals surface area contributed by atoms with Gasteiger partial charge in [0.1, 0.15) is 21.9 Å². The van der Waals surface area contributed by atoms with Crippen molar-refractivity contribution in [3.63, 3.8) is 0 Å². The molecule has 4 aromatic rings. The number of benzene rings is 1. The third kappa shape index (κ3) is 3.93. The molecule has 5 rings (SSSR count). The number of nitrogens with zero attached hydrogens (tertiary/aromatic N) is 4. The van der Waals surface area contributed by atoms with Gasteiger partial charge in [0.2, 0.25) is 0 Å². The van der Waals surface area contributed by atoms with Crippen molar-refractivity contribution in [2.24, 2.45) is 5.92 Å². The summed E-state index contributed by atoms with van der Waals surface area (Å²) in [6, 6.07) is 7.04. The maximum absolute atomic E-state index is 13.2. The van der Waals surface area contributed by atoms with Gasteiger partial charge in [-0.3, -0.25) is 0 Å². The quantitative estimate of drug-likeness (QED) is 0.301. The van der Waals surface area contributed by atoms with Crippen LogP contribution in [-0.2, 0) is 0 Å². The molecule has 5 nitrogen and oxygen atoms in total. The Morgan fingerprint density at radius 2 is 1.73 bits per heavy atom. The van der Waals surface area contributed by atoms with Crippen LogP contribution in [0.1, 0.15) is 38.1 Å². The van der Waals surface area contributed by atoms with Crippen molar-refractivity contribution in [2.45, 2.75) is 43.0 Å². The third-order valence-corrected chi connectivity index (χ3v) is 7.52. The Bertz CT molecular complexity index is 1390. The number of imidazole rings is 1. The van der Waals surface area contributed by atoms with Crippen LogP contribution in [-0.4, -0.2) is 19.5 Å². The van der Waals surface area contributed by atoms with Crippen molar-refractivity contribution in [1.29, 1.82) is 5.26 Å². The molecule has 1 fully saturated rings. The van der Waals surface area contributed by atoms with E-state index in [2.05, 4.69) is 21.0 Å². The number of aromatic amines is 1. The van der Waals surface area contributed by atoms with Crippen molar-refractivity contribution in [1.82, 2.24) is 19.5 Å². The highest BCUT2D eigenvalue weighted by Crippen LogP contribution is 3.02. The molecule has 3 aromatic heterocycles. The number of halogens is 5. The minimum atomic E-state index is -9.76. The smallest absolute Gasteiger partial charge is 0.310 e. The van der Waals surface area contributed by atoms with E-state index in [0.29, 0.717) is 47.0 Å². The number of rotatable bonds is 4. The zero-order chi connectivity index (χ0) is 23.5. The molecular weight excluding hydrogens is 461 g/mol. The lowest BCUT2D eigenvalue weighted by Crippen LogP contribution is -2.19. The van der Waals surface area contributed by atoms with Gasteiger partial charge in [0.25, 0.3) is 0 Å². The summed E-state index contributed by atoms with van der Waals surface area (Å²) >= 11 is 0. The predicted octanol–water partition coefficient (Wildman–Crippen LogP) is 7.88. The fraction of sp³-hybridized carbons (Fsp3) is 0.318. The summed E-state index contributed by atoms with van der Waals surface area (Å²) in [5, 5.41) is 9.83. The number of fused-ring (bicyclic) bond motifs is 3. The van der Waals surface area contributed by atoms with Gasteiger partial charge in [-0.15, -0.1) is 0 Å². The Morgan fingerprint density at radius 1 is 1.03 bits per heavy atom. The minimum absolute atomic E-state index is 0.00994. The second-order valence-corrected chi connectivity index (χ2v) is 11.0. The normalized spacial score (nSPS) is 21.6. The molecule has 1 N–H and O–H groups in total. The summed E-state index contributed by atoms with van der Waals surface area (Å²) in [5.41, 5.74) is 2.36. The number of hydrogen-bond donors (Lipinski definition) is 1. The molecular formula is C22H20F5N5S. The van der Waals surface area contributed by atoms with Crippen LogP contribution in [0.3, 0.4) is 0 Å². The molecule has 0 atom stereocenters. The fourth-order valence-corrected chi connectivity index (χ4v) is 5.40. The number of pyridine rings is 1. The van der Waals surface area contributed by atoms with Gasteiger partial charge in [0.05, 0.1) is 17.8 Å². The van der Waals surface area contributed by atoms with E-state index in [1.165, 1.54) is 0 Å². The van der Waals surface area contributed by atoms with Crippen LogP contribution in [0.2, 0.25) is 0 Å². The first-order valence-electron chi connectivity index (χ1n) is 10.5. The van der Waals surface area contributed by atoms with E-state index >= 15 is 0 Å². The fourth-order valence-electron chi connectivity index (χ4n) is 4.75. The van der Waals surface area contributed by atoms with E-state index in [-0.39, 0.29) is 6.04 Å². The number of aromatic nitrogens is 4. The van der Waals surface area contributed by atoms with Crippen LogP contribution < -0.4 is 0 Å². The van der Waals surface area contributed by atoms with Gasteiger partial charge in [-0.2, -0.15) is 5.26 Å². The van der Waals surface area contributed by atoms with Crippen LogP contribution in [0, 0.1) is 17.2 Å². The number of H-pyrrole nitrogens is 1. The van der Waals surface area contributed by atoms with E-state index in [1.54, 1.807) is 12.4 Å². The van der Waals surface area contributed by atoms with Gasteiger partial charge in [0, 0.05) is 29.6 Å². The first kappa shape index (κ1) is 21.7. The van der Waals surface area contributed by atoms with Gasteiger partial charge in [-0.05, 0) is 61.9 Å². The Balaban J connectivity index is 1.65. The molecule has 0 bridgehead atoms.